The Morgan fingerprint density at radius 2 is 1.81 bits per heavy atom. The molecular weight excluding hydrogens is 348 g/mol. The van der Waals surface area contributed by atoms with Crippen molar-refractivity contribution < 1.29 is 18.5 Å². The maximum atomic E-state index is 12.0. The lowest BCUT2D eigenvalue weighted by Gasteiger charge is -2.05. The molecule has 2 N–H and O–H groups in total. The summed E-state index contributed by atoms with van der Waals surface area (Å²) in [4.78, 5) is 28.2. The van der Waals surface area contributed by atoms with Crippen molar-refractivity contribution in [2.45, 2.75) is 33.6 Å². The minimum absolute atomic E-state index is 0.0964. The van der Waals surface area contributed by atoms with E-state index in [1.54, 1.807) is 19.9 Å². The molecule has 0 radical (unpaired) electrons. The van der Waals surface area contributed by atoms with Gasteiger partial charge in [-0.05, 0) is 26.8 Å². The quantitative estimate of drug-likeness (QED) is 0.670. The summed E-state index contributed by atoms with van der Waals surface area (Å²) < 4.78 is 10.5. The number of furan rings is 1. The predicted molar refractivity (Wildman–Crippen MR) is 96.6 cm³/mol. The molecule has 0 saturated carbocycles. The third-order valence-electron chi connectivity index (χ3n) is 3.94. The molecule has 2 aromatic heterocycles. The second-order valence-corrected chi connectivity index (χ2v) is 6.21. The van der Waals surface area contributed by atoms with Gasteiger partial charge in [0.2, 0.25) is 17.6 Å². The lowest BCUT2D eigenvalue weighted by Crippen LogP contribution is -2.41. The number of nitrogens with one attached hydrogen (secondary N) is 2. The van der Waals surface area contributed by atoms with Crippen molar-refractivity contribution in [3.63, 3.8) is 0 Å². The second-order valence-electron chi connectivity index (χ2n) is 6.21. The normalized spacial score (nSPS) is 10.6. The number of carbonyl (C=O) groups excluding carboxylic acids is 2. The van der Waals surface area contributed by atoms with Gasteiger partial charge in [0.05, 0.1) is 5.56 Å². The first kappa shape index (κ1) is 18.4. The first-order chi connectivity index (χ1) is 12.9. The van der Waals surface area contributed by atoms with Crippen LogP contribution in [0.5, 0.6) is 0 Å². The van der Waals surface area contributed by atoms with Crippen molar-refractivity contribution in [3.05, 3.63) is 58.9 Å². The molecule has 3 rings (SSSR count). The van der Waals surface area contributed by atoms with Crippen LogP contribution in [0.25, 0.3) is 11.4 Å². The predicted octanol–water partition coefficient (Wildman–Crippen LogP) is 2.65. The number of benzene rings is 1. The zero-order valence-corrected chi connectivity index (χ0v) is 15.3. The Labute approximate surface area is 155 Å². The van der Waals surface area contributed by atoms with Crippen molar-refractivity contribution >= 4 is 11.8 Å². The highest BCUT2D eigenvalue weighted by atomic mass is 16.5. The van der Waals surface area contributed by atoms with Crippen LogP contribution in [-0.4, -0.2) is 22.0 Å². The summed E-state index contributed by atoms with van der Waals surface area (Å²) in [5.74, 6) is 1.16. The number of rotatable bonds is 5. The van der Waals surface area contributed by atoms with Gasteiger partial charge in [0, 0.05) is 18.4 Å². The Hall–Kier alpha value is -3.42. The van der Waals surface area contributed by atoms with Gasteiger partial charge in [0.25, 0.3) is 5.91 Å². The van der Waals surface area contributed by atoms with E-state index in [4.69, 9.17) is 8.94 Å². The Kier molecular flexibility index (Phi) is 5.35. The molecule has 27 heavy (non-hydrogen) atoms. The van der Waals surface area contributed by atoms with Gasteiger partial charge in [-0.25, -0.2) is 0 Å². The van der Waals surface area contributed by atoms with Gasteiger partial charge in [-0.3, -0.25) is 20.4 Å². The summed E-state index contributed by atoms with van der Waals surface area (Å²) in [5, 5.41) is 3.92. The molecular formula is C19H20N4O4. The number of hydrogen-bond acceptors (Lipinski definition) is 6. The average Bonchev–Trinajstić information content (AvgIpc) is 3.24. The van der Waals surface area contributed by atoms with Gasteiger partial charge in [0.1, 0.15) is 11.5 Å². The van der Waals surface area contributed by atoms with E-state index in [9.17, 15) is 9.59 Å². The van der Waals surface area contributed by atoms with Crippen LogP contribution < -0.4 is 10.9 Å². The SMILES string of the molecule is Cc1ccc(-c2noc(CCC(=O)NNC(=O)c3cc(C)oc3C)n2)cc1. The topological polar surface area (TPSA) is 110 Å². The molecule has 2 heterocycles. The molecule has 0 spiro atoms. The Morgan fingerprint density at radius 1 is 1.07 bits per heavy atom. The lowest BCUT2D eigenvalue weighted by molar-refractivity contribution is -0.121. The largest absolute Gasteiger partial charge is 0.466 e. The average molecular weight is 368 g/mol. The third kappa shape index (κ3) is 4.60. The van der Waals surface area contributed by atoms with E-state index in [1.807, 2.05) is 31.2 Å². The summed E-state index contributed by atoms with van der Waals surface area (Å²) in [6.45, 7) is 5.43. The molecule has 0 aliphatic rings. The van der Waals surface area contributed by atoms with Crippen molar-refractivity contribution in [1.82, 2.24) is 21.0 Å². The zero-order chi connectivity index (χ0) is 19.4. The fourth-order valence-electron chi connectivity index (χ4n) is 2.51. The third-order valence-corrected chi connectivity index (χ3v) is 3.94. The maximum Gasteiger partial charge on any atom is 0.273 e. The van der Waals surface area contributed by atoms with Crippen molar-refractivity contribution in [3.8, 4) is 11.4 Å². The minimum Gasteiger partial charge on any atom is -0.466 e. The molecule has 0 bridgehead atoms. The number of hydrazine groups is 1. The standard InChI is InChI=1S/C19H20N4O4/c1-11-4-6-14(7-5-11)18-20-17(27-23-18)9-8-16(24)21-22-19(25)15-10-12(2)26-13(15)3/h4-7,10H,8-9H2,1-3H3,(H,21,24)(H,22,25). The summed E-state index contributed by atoms with van der Waals surface area (Å²) in [5.41, 5.74) is 7.09. The van der Waals surface area contributed by atoms with Crippen LogP contribution in [0.15, 0.2) is 39.3 Å². The number of aromatic nitrogens is 2. The first-order valence-corrected chi connectivity index (χ1v) is 8.48. The summed E-state index contributed by atoms with van der Waals surface area (Å²) in [7, 11) is 0. The first-order valence-electron chi connectivity index (χ1n) is 8.48. The van der Waals surface area contributed by atoms with Gasteiger partial charge >= 0.3 is 0 Å². The summed E-state index contributed by atoms with van der Waals surface area (Å²) in [6.07, 6.45) is 0.365. The maximum absolute atomic E-state index is 12.0. The molecule has 0 unspecified atom stereocenters. The van der Waals surface area contributed by atoms with E-state index in [0.29, 0.717) is 28.8 Å². The molecule has 8 heteroatoms. The summed E-state index contributed by atoms with van der Waals surface area (Å²) >= 11 is 0. The van der Waals surface area contributed by atoms with Crippen LogP contribution in [0.2, 0.25) is 0 Å². The fraction of sp³-hybridized carbons (Fsp3) is 0.263. The van der Waals surface area contributed by atoms with E-state index in [-0.39, 0.29) is 18.7 Å². The Morgan fingerprint density at radius 3 is 2.48 bits per heavy atom. The molecule has 0 aliphatic heterocycles. The molecule has 0 atom stereocenters. The van der Waals surface area contributed by atoms with Gasteiger partial charge in [-0.15, -0.1) is 0 Å². The van der Waals surface area contributed by atoms with Crippen LogP contribution in [-0.2, 0) is 11.2 Å². The van der Waals surface area contributed by atoms with E-state index < -0.39 is 5.91 Å². The lowest BCUT2D eigenvalue weighted by atomic mass is 10.1. The van der Waals surface area contributed by atoms with Crippen molar-refractivity contribution in [1.29, 1.82) is 0 Å². The molecule has 3 aromatic rings. The molecule has 0 fully saturated rings. The molecule has 0 saturated heterocycles. The molecule has 2 amide bonds. The summed E-state index contributed by atoms with van der Waals surface area (Å²) in [6, 6.07) is 9.36. The number of aryl methyl sites for hydroxylation is 4. The van der Waals surface area contributed by atoms with Gasteiger partial charge < -0.3 is 8.94 Å². The van der Waals surface area contributed by atoms with Crippen LogP contribution in [0.3, 0.4) is 0 Å². The van der Waals surface area contributed by atoms with Crippen LogP contribution in [0.1, 0.15) is 39.8 Å². The Balaban J connectivity index is 1.49. The number of carbonyl (C=O) groups is 2. The zero-order valence-electron chi connectivity index (χ0n) is 15.3. The highest BCUT2D eigenvalue weighted by molar-refractivity contribution is 5.96. The van der Waals surface area contributed by atoms with E-state index in [0.717, 1.165) is 11.1 Å². The number of hydrogen-bond donors (Lipinski definition) is 2. The Bertz CT molecular complexity index is 957. The monoisotopic (exact) mass is 368 g/mol. The molecule has 1 aromatic carbocycles. The van der Waals surface area contributed by atoms with Crippen LogP contribution >= 0.6 is 0 Å². The van der Waals surface area contributed by atoms with Gasteiger partial charge in [0.15, 0.2) is 0 Å². The van der Waals surface area contributed by atoms with Crippen LogP contribution in [0.4, 0.5) is 0 Å². The molecule has 0 aliphatic carbocycles. The van der Waals surface area contributed by atoms with Gasteiger partial charge in [-0.2, -0.15) is 4.98 Å². The van der Waals surface area contributed by atoms with Crippen molar-refractivity contribution in [2.75, 3.05) is 0 Å². The van der Waals surface area contributed by atoms with Gasteiger partial charge in [-0.1, -0.05) is 35.0 Å². The smallest absolute Gasteiger partial charge is 0.273 e. The molecule has 8 nitrogen and oxygen atoms in total. The van der Waals surface area contributed by atoms with E-state index >= 15 is 0 Å². The highest BCUT2D eigenvalue weighted by Crippen LogP contribution is 2.17. The van der Waals surface area contributed by atoms with E-state index in [2.05, 4.69) is 21.0 Å². The highest BCUT2D eigenvalue weighted by Gasteiger charge is 2.15. The number of nitrogens with zero attached hydrogens (tertiary/aromatic N) is 2. The number of amides is 2. The molecule has 140 valence electrons. The van der Waals surface area contributed by atoms with Crippen molar-refractivity contribution in [2.24, 2.45) is 0 Å². The fourth-order valence-corrected chi connectivity index (χ4v) is 2.51. The minimum atomic E-state index is -0.433. The second kappa shape index (κ2) is 7.86. The van der Waals surface area contributed by atoms with E-state index in [1.165, 1.54) is 0 Å². The van der Waals surface area contributed by atoms with Crippen LogP contribution in [0, 0.1) is 20.8 Å².